The summed E-state index contributed by atoms with van der Waals surface area (Å²) in [5.74, 6) is 1.09. The summed E-state index contributed by atoms with van der Waals surface area (Å²) in [5.41, 5.74) is 8.94. The van der Waals surface area contributed by atoms with E-state index >= 15 is 0 Å². The van der Waals surface area contributed by atoms with Crippen LogP contribution < -0.4 is 32.3 Å². The predicted molar refractivity (Wildman–Crippen MR) is 128 cm³/mol. The number of rotatable bonds is 12. The first-order valence-electron chi connectivity index (χ1n) is 13.6. The number of carbonyl (C=O) groups excluding carboxylic acids is 2. The Kier molecular flexibility index (Phi) is 10.7. The van der Waals surface area contributed by atoms with Crippen molar-refractivity contribution in [2.75, 3.05) is 19.7 Å². The first-order valence-corrected chi connectivity index (χ1v) is 13.6. The first-order chi connectivity index (χ1) is 17.5. The quantitative estimate of drug-likeness (QED) is 0.216. The molecular weight excluding hydrogens is 474 g/mol. The van der Waals surface area contributed by atoms with Crippen LogP contribution >= 0.6 is 0 Å². The molecule has 10 nitrogen and oxygen atoms in total. The summed E-state index contributed by atoms with van der Waals surface area (Å²) in [7, 11) is 0. The van der Waals surface area contributed by atoms with Crippen LogP contribution in [0.5, 0.6) is 0 Å². The summed E-state index contributed by atoms with van der Waals surface area (Å²) >= 11 is 0. The van der Waals surface area contributed by atoms with Gasteiger partial charge >= 0.3 is 6.61 Å². The van der Waals surface area contributed by atoms with E-state index in [-0.39, 0.29) is 48.8 Å². The molecule has 0 spiro atoms. The fraction of sp³-hybridized carbons (Fsp3) is 0.917. The number of amides is 2. The average Bonchev–Trinajstić information content (AvgIpc) is 3.37. The molecule has 36 heavy (non-hydrogen) atoms. The van der Waals surface area contributed by atoms with Gasteiger partial charge in [0.05, 0.1) is 18.9 Å². The second-order valence-corrected chi connectivity index (χ2v) is 10.6. The highest BCUT2D eigenvalue weighted by atomic mass is 19.3. The van der Waals surface area contributed by atoms with Crippen molar-refractivity contribution in [3.8, 4) is 0 Å². The zero-order valence-electron chi connectivity index (χ0n) is 20.9. The molecule has 0 aromatic rings. The third-order valence-electron chi connectivity index (χ3n) is 8.13. The fourth-order valence-electron chi connectivity index (χ4n) is 6.05. The molecule has 4 fully saturated rings. The standard InChI is InChI=1S/C24H42F2N6O4/c25-24(26)35-14-15-6-8-16(9-7-15)21-29-20(36-32-21)11-10-19(33)27-12-3-13-28-22-17-4-1-2-5-18(17)23(34)31-30-22/h15-18,20-22,24,28-30,32H,1-14H2,(H,27,33)(H,31,34). The molecule has 2 heterocycles. The van der Waals surface area contributed by atoms with Gasteiger partial charge in [0.2, 0.25) is 11.8 Å². The molecule has 0 aromatic heterocycles. The number of halogens is 2. The Morgan fingerprint density at radius 2 is 1.92 bits per heavy atom. The van der Waals surface area contributed by atoms with E-state index in [0.29, 0.717) is 31.2 Å². The Labute approximate surface area is 211 Å². The summed E-state index contributed by atoms with van der Waals surface area (Å²) < 4.78 is 28.9. The molecule has 0 aromatic carbocycles. The number of carbonyl (C=O) groups is 2. The topological polar surface area (TPSA) is 125 Å². The minimum atomic E-state index is -2.70. The van der Waals surface area contributed by atoms with E-state index in [1.807, 2.05) is 0 Å². The van der Waals surface area contributed by atoms with Crippen LogP contribution in [0.3, 0.4) is 0 Å². The maximum atomic E-state index is 12.3. The number of hydrogen-bond donors (Lipinski definition) is 6. The monoisotopic (exact) mass is 516 g/mol. The minimum Gasteiger partial charge on any atom is -0.356 e. The van der Waals surface area contributed by atoms with E-state index in [1.165, 1.54) is 6.42 Å². The molecule has 0 bridgehead atoms. The van der Waals surface area contributed by atoms with Gasteiger partial charge in [0.25, 0.3) is 0 Å². The largest absolute Gasteiger partial charge is 0.356 e. The van der Waals surface area contributed by atoms with E-state index in [4.69, 9.17) is 4.84 Å². The highest BCUT2D eigenvalue weighted by molar-refractivity contribution is 5.79. The Balaban J connectivity index is 1.03. The number of hydroxylamine groups is 1. The number of ether oxygens (including phenoxy) is 1. The first kappa shape index (κ1) is 27.6. The number of alkyl halides is 2. The second kappa shape index (κ2) is 13.9. The Hall–Kier alpha value is -1.44. The van der Waals surface area contributed by atoms with Gasteiger partial charge in [-0.3, -0.25) is 25.2 Å². The maximum Gasteiger partial charge on any atom is 0.345 e. The van der Waals surface area contributed by atoms with Crippen molar-refractivity contribution in [2.45, 2.75) is 95.8 Å². The predicted octanol–water partition coefficient (Wildman–Crippen LogP) is 1.45. The van der Waals surface area contributed by atoms with Gasteiger partial charge in [0.15, 0.2) is 0 Å². The van der Waals surface area contributed by atoms with Crippen molar-refractivity contribution < 1.29 is 27.9 Å². The van der Waals surface area contributed by atoms with Gasteiger partial charge in [-0.1, -0.05) is 12.8 Å². The van der Waals surface area contributed by atoms with Crippen LogP contribution in [0.2, 0.25) is 0 Å². The molecule has 2 amide bonds. The van der Waals surface area contributed by atoms with Crippen LogP contribution in [0.4, 0.5) is 8.78 Å². The van der Waals surface area contributed by atoms with Crippen LogP contribution in [0.25, 0.3) is 0 Å². The van der Waals surface area contributed by atoms with Crippen LogP contribution in [-0.4, -0.2) is 56.7 Å². The molecular formula is C24H42F2N6O4. The highest BCUT2D eigenvalue weighted by Crippen LogP contribution is 2.34. The van der Waals surface area contributed by atoms with Crippen LogP contribution in [0.15, 0.2) is 0 Å². The van der Waals surface area contributed by atoms with E-state index < -0.39 is 6.61 Å². The lowest BCUT2D eigenvalue weighted by Crippen LogP contribution is -2.64. The molecule has 2 saturated carbocycles. The second-order valence-electron chi connectivity index (χ2n) is 10.6. The van der Waals surface area contributed by atoms with Crippen molar-refractivity contribution in [1.82, 2.24) is 32.3 Å². The summed E-state index contributed by atoms with van der Waals surface area (Å²) in [6, 6.07) is 0. The lowest BCUT2D eigenvalue weighted by molar-refractivity contribution is -0.141. The van der Waals surface area contributed by atoms with E-state index in [9.17, 15) is 18.4 Å². The van der Waals surface area contributed by atoms with Crippen LogP contribution in [0.1, 0.15) is 70.6 Å². The fourth-order valence-corrected chi connectivity index (χ4v) is 6.05. The number of hydrazine groups is 1. The third-order valence-corrected chi connectivity index (χ3v) is 8.13. The van der Waals surface area contributed by atoms with Gasteiger partial charge in [-0.05, 0) is 69.7 Å². The SMILES string of the molecule is O=C(CCC1NC(C2CCC(COC(F)F)CC2)NO1)NCCCNC1NNC(=O)C2CCCCC12. The van der Waals surface area contributed by atoms with Gasteiger partial charge in [-0.2, -0.15) is 14.3 Å². The van der Waals surface area contributed by atoms with Crippen molar-refractivity contribution >= 4 is 11.8 Å². The smallest absolute Gasteiger partial charge is 0.345 e. The summed E-state index contributed by atoms with van der Waals surface area (Å²) in [6.07, 6.45) is 9.52. The van der Waals surface area contributed by atoms with Gasteiger partial charge < -0.3 is 15.4 Å². The van der Waals surface area contributed by atoms with Gasteiger partial charge in [0, 0.05) is 24.8 Å². The van der Waals surface area contributed by atoms with Crippen LogP contribution in [-0.2, 0) is 19.2 Å². The van der Waals surface area contributed by atoms with Gasteiger partial charge in [-0.15, -0.1) is 0 Å². The highest BCUT2D eigenvalue weighted by Gasteiger charge is 2.39. The summed E-state index contributed by atoms with van der Waals surface area (Å²) in [4.78, 5) is 29.9. The van der Waals surface area contributed by atoms with Crippen molar-refractivity contribution in [3.05, 3.63) is 0 Å². The Bertz CT molecular complexity index is 712. The number of nitrogens with one attached hydrogen (secondary N) is 6. The number of fused-ring (bicyclic) bond motifs is 1. The molecule has 5 unspecified atom stereocenters. The summed E-state index contributed by atoms with van der Waals surface area (Å²) in [5, 5.41) is 9.86. The molecule has 4 aliphatic rings. The average molecular weight is 517 g/mol. The Morgan fingerprint density at radius 3 is 2.72 bits per heavy atom. The van der Waals surface area contributed by atoms with Gasteiger partial charge in [-0.25, -0.2) is 5.43 Å². The lowest BCUT2D eigenvalue weighted by atomic mass is 9.76. The normalized spacial score (nSPS) is 34.9. The number of hydrogen-bond acceptors (Lipinski definition) is 8. The summed E-state index contributed by atoms with van der Waals surface area (Å²) in [6.45, 7) is -1.22. The molecule has 2 aliphatic heterocycles. The molecule has 12 heteroatoms. The van der Waals surface area contributed by atoms with Crippen LogP contribution in [0, 0.1) is 23.7 Å². The molecule has 0 radical (unpaired) electrons. The third kappa shape index (κ3) is 8.03. The molecule has 206 valence electrons. The Morgan fingerprint density at radius 1 is 1.11 bits per heavy atom. The van der Waals surface area contributed by atoms with Crippen molar-refractivity contribution in [1.29, 1.82) is 0 Å². The molecule has 2 aliphatic carbocycles. The van der Waals surface area contributed by atoms with E-state index in [2.05, 4.69) is 37.0 Å². The van der Waals surface area contributed by atoms with E-state index in [0.717, 1.165) is 57.9 Å². The minimum absolute atomic E-state index is 0.00112. The molecule has 4 rings (SSSR count). The van der Waals surface area contributed by atoms with E-state index in [1.54, 1.807) is 0 Å². The van der Waals surface area contributed by atoms with Crippen molar-refractivity contribution in [2.24, 2.45) is 23.7 Å². The maximum absolute atomic E-state index is 12.3. The zero-order chi connectivity index (χ0) is 25.3. The lowest BCUT2D eigenvalue weighted by Gasteiger charge is -2.41. The molecule has 2 saturated heterocycles. The van der Waals surface area contributed by atoms with Gasteiger partial charge in [0.1, 0.15) is 6.23 Å². The molecule has 5 atom stereocenters. The van der Waals surface area contributed by atoms with Crippen molar-refractivity contribution in [3.63, 3.8) is 0 Å². The molecule has 6 N–H and O–H groups in total. The zero-order valence-corrected chi connectivity index (χ0v) is 20.9.